The summed E-state index contributed by atoms with van der Waals surface area (Å²) in [7, 11) is 0. The van der Waals surface area contributed by atoms with Crippen LogP contribution in [0.4, 0.5) is 0 Å². The second-order valence-electron chi connectivity index (χ2n) is 6.61. The molecular weight excluding hydrogens is 270 g/mol. The van der Waals surface area contributed by atoms with Gasteiger partial charge in [0.1, 0.15) is 0 Å². The van der Waals surface area contributed by atoms with Gasteiger partial charge < -0.3 is 4.74 Å². The third-order valence-electron chi connectivity index (χ3n) is 3.77. The number of thiazole rings is 1. The average molecular weight is 297 g/mol. The number of nitrogens with one attached hydrogen (secondary N) is 1. The number of ether oxygens (including phenoxy) is 1. The molecule has 0 radical (unpaired) electrons. The zero-order valence-corrected chi connectivity index (χ0v) is 13.8. The Labute approximate surface area is 126 Å². The van der Waals surface area contributed by atoms with Crippen LogP contribution in [0.1, 0.15) is 51.2 Å². The highest BCUT2D eigenvalue weighted by atomic mass is 32.1. The number of aromatic nitrogens is 1. The predicted molar refractivity (Wildman–Crippen MR) is 83.8 cm³/mol. The average Bonchev–Trinajstić information content (AvgIpc) is 3.10. The first kappa shape index (κ1) is 15.9. The molecule has 5 heteroatoms. The smallest absolute Gasteiger partial charge is 0.0945 e. The monoisotopic (exact) mass is 297 g/mol. The number of hydrogen-bond acceptors (Lipinski definition) is 5. The van der Waals surface area contributed by atoms with Gasteiger partial charge in [0, 0.05) is 23.8 Å². The molecule has 0 spiro atoms. The maximum absolute atomic E-state index is 5.90. The molecular formula is C15H27N3OS. The van der Waals surface area contributed by atoms with Gasteiger partial charge in [0.05, 0.1) is 22.8 Å². The molecule has 1 aromatic heterocycles. The van der Waals surface area contributed by atoms with Crippen molar-refractivity contribution in [2.24, 2.45) is 11.8 Å². The van der Waals surface area contributed by atoms with Crippen LogP contribution in [0, 0.1) is 5.92 Å². The molecule has 0 aliphatic heterocycles. The van der Waals surface area contributed by atoms with Gasteiger partial charge in [-0.05, 0) is 25.7 Å². The van der Waals surface area contributed by atoms with E-state index in [4.69, 9.17) is 15.6 Å². The molecule has 1 fully saturated rings. The van der Waals surface area contributed by atoms with E-state index < -0.39 is 0 Å². The van der Waals surface area contributed by atoms with E-state index in [0.717, 1.165) is 23.7 Å². The van der Waals surface area contributed by atoms with Crippen LogP contribution in [0.2, 0.25) is 0 Å². The van der Waals surface area contributed by atoms with Crippen LogP contribution in [-0.4, -0.2) is 23.7 Å². The van der Waals surface area contributed by atoms with Crippen molar-refractivity contribution >= 4 is 11.3 Å². The van der Waals surface area contributed by atoms with Crippen molar-refractivity contribution in [3.05, 3.63) is 16.1 Å². The Morgan fingerprint density at radius 2 is 2.20 bits per heavy atom. The molecule has 0 bridgehead atoms. The van der Waals surface area contributed by atoms with Gasteiger partial charge in [-0.25, -0.2) is 4.98 Å². The Bertz CT molecular complexity index is 423. The van der Waals surface area contributed by atoms with Crippen molar-refractivity contribution in [2.75, 3.05) is 6.61 Å². The molecule has 1 heterocycles. The summed E-state index contributed by atoms with van der Waals surface area (Å²) in [6.45, 7) is 9.36. The Morgan fingerprint density at radius 1 is 1.50 bits per heavy atom. The third kappa shape index (κ3) is 4.01. The molecule has 0 saturated heterocycles. The molecule has 2 rings (SSSR count). The zero-order valence-electron chi connectivity index (χ0n) is 13.0. The third-order valence-corrected chi connectivity index (χ3v) is 4.64. The lowest BCUT2D eigenvalue weighted by Crippen LogP contribution is -2.47. The summed E-state index contributed by atoms with van der Waals surface area (Å²) in [4.78, 5) is 4.76. The Balaban J connectivity index is 2.03. The van der Waals surface area contributed by atoms with Crippen molar-refractivity contribution in [1.82, 2.24) is 10.4 Å². The first-order chi connectivity index (χ1) is 9.45. The number of nitrogens with two attached hydrogens (primary N) is 1. The first-order valence-corrected chi connectivity index (χ1v) is 8.36. The molecule has 20 heavy (non-hydrogen) atoms. The standard InChI is InChI=1S/C15H27N3OS/c1-5-19-14(10-6-7-10)11(18-16)8-13-17-12(9-20-13)15(2,3)4/h9-11,14,18H,5-8,16H2,1-4H3. The summed E-state index contributed by atoms with van der Waals surface area (Å²) in [6, 6.07) is 0.154. The first-order valence-electron chi connectivity index (χ1n) is 7.48. The summed E-state index contributed by atoms with van der Waals surface area (Å²) >= 11 is 1.73. The van der Waals surface area contributed by atoms with Gasteiger partial charge in [0.2, 0.25) is 0 Å². The van der Waals surface area contributed by atoms with E-state index in [9.17, 15) is 0 Å². The highest BCUT2D eigenvalue weighted by Gasteiger charge is 2.37. The van der Waals surface area contributed by atoms with Crippen LogP contribution in [0.25, 0.3) is 0 Å². The lowest BCUT2D eigenvalue weighted by atomic mass is 9.93. The number of hydrogen-bond donors (Lipinski definition) is 2. The van der Waals surface area contributed by atoms with Crippen molar-refractivity contribution in [3.8, 4) is 0 Å². The normalized spacial score (nSPS) is 19.1. The van der Waals surface area contributed by atoms with Crippen molar-refractivity contribution in [2.45, 2.75) is 64.5 Å². The molecule has 2 unspecified atom stereocenters. The molecule has 3 N–H and O–H groups in total. The minimum atomic E-state index is 0.107. The largest absolute Gasteiger partial charge is 0.377 e. The number of nitrogens with zero attached hydrogens (tertiary/aromatic N) is 1. The highest BCUT2D eigenvalue weighted by Crippen LogP contribution is 2.36. The summed E-state index contributed by atoms with van der Waals surface area (Å²) < 4.78 is 5.90. The number of rotatable bonds is 7. The van der Waals surface area contributed by atoms with Crippen LogP contribution in [0.3, 0.4) is 0 Å². The minimum Gasteiger partial charge on any atom is -0.377 e. The lowest BCUT2D eigenvalue weighted by Gasteiger charge is -2.25. The summed E-state index contributed by atoms with van der Waals surface area (Å²) in [5, 5.41) is 3.30. The van der Waals surface area contributed by atoms with Crippen LogP contribution in [0.15, 0.2) is 5.38 Å². The van der Waals surface area contributed by atoms with Crippen molar-refractivity contribution in [1.29, 1.82) is 0 Å². The molecule has 114 valence electrons. The van der Waals surface area contributed by atoms with E-state index in [2.05, 4.69) is 31.6 Å². The highest BCUT2D eigenvalue weighted by molar-refractivity contribution is 7.09. The molecule has 1 aliphatic rings. The van der Waals surface area contributed by atoms with Crippen molar-refractivity contribution in [3.63, 3.8) is 0 Å². The van der Waals surface area contributed by atoms with Crippen LogP contribution in [-0.2, 0) is 16.6 Å². The lowest BCUT2D eigenvalue weighted by molar-refractivity contribution is 0.0192. The van der Waals surface area contributed by atoms with E-state index in [1.807, 2.05) is 6.92 Å². The summed E-state index contributed by atoms with van der Waals surface area (Å²) in [5.41, 5.74) is 4.21. The molecule has 1 saturated carbocycles. The topological polar surface area (TPSA) is 60.2 Å². The predicted octanol–water partition coefficient (Wildman–Crippen LogP) is 2.63. The fourth-order valence-electron chi connectivity index (χ4n) is 2.41. The molecule has 4 nitrogen and oxygen atoms in total. The second-order valence-corrected chi connectivity index (χ2v) is 7.55. The maximum atomic E-state index is 5.90. The quantitative estimate of drug-likeness (QED) is 0.600. The fraction of sp³-hybridized carbons (Fsp3) is 0.800. The van der Waals surface area contributed by atoms with Gasteiger partial charge in [0.15, 0.2) is 0 Å². The van der Waals surface area contributed by atoms with Gasteiger partial charge in [-0.2, -0.15) is 0 Å². The van der Waals surface area contributed by atoms with E-state index in [1.54, 1.807) is 11.3 Å². The van der Waals surface area contributed by atoms with E-state index in [0.29, 0.717) is 5.92 Å². The minimum absolute atomic E-state index is 0.107. The van der Waals surface area contributed by atoms with Crippen LogP contribution >= 0.6 is 11.3 Å². The fourth-order valence-corrected chi connectivity index (χ4v) is 3.49. The van der Waals surface area contributed by atoms with Gasteiger partial charge in [-0.3, -0.25) is 11.3 Å². The van der Waals surface area contributed by atoms with Gasteiger partial charge in [0.25, 0.3) is 0 Å². The zero-order chi connectivity index (χ0) is 14.8. The van der Waals surface area contributed by atoms with E-state index in [1.165, 1.54) is 12.8 Å². The van der Waals surface area contributed by atoms with Gasteiger partial charge in [-0.15, -0.1) is 11.3 Å². The summed E-state index contributed by atoms with van der Waals surface area (Å²) in [5.74, 6) is 6.42. The van der Waals surface area contributed by atoms with Crippen LogP contribution in [0.5, 0.6) is 0 Å². The van der Waals surface area contributed by atoms with E-state index >= 15 is 0 Å². The molecule has 0 aromatic carbocycles. The Kier molecular flexibility index (Phi) is 5.18. The van der Waals surface area contributed by atoms with E-state index in [-0.39, 0.29) is 17.6 Å². The Hall–Kier alpha value is -0.490. The molecule has 0 amide bonds. The van der Waals surface area contributed by atoms with Gasteiger partial charge in [-0.1, -0.05) is 20.8 Å². The molecule has 1 aromatic rings. The summed E-state index contributed by atoms with van der Waals surface area (Å²) in [6.07, 6.45) is 3.58. The molecule has 2 atom stereocenters. The van der Waals surface area contributed by atoms with Crippen molar-refractivity contribution < 1.29 is 4.74 Å². The van der Waals surface area contributed by atoms with Gasteiger partial charge >= 0.3 is 0 Å². The SMILES string of the molecule is CCOC(C1CC1)C(Cc1nc(C(C)(C)C)cs1)NN. The maximum Gasteiger partial charge on any atom is 0.0945 e. The van der Waals surface area contributed by atoms with Crippen LogP contribution < -0.4 is 11.3 Å². The number of hydrazine groups is 1. The molecule has 1 aliphatic carbocycles. The Morgan fingerprint density at radius 3 is 2.65 bits per heavy atom. The second kappa shape index (κ2) is 6.52.